The lowest BCUT2D eigenvalue weighted by Gasteiger charge is -2.02. The fourth-order valence-electron chi connectivity index (χ4n) is 2.97. The van der Waals surface area contributed by atoms with Crippen LogP contribution in [0.5, 0.6) is 5.75 Å². The maximum absolute atomic E-state index is 12.3. The van der Waals surface area contributed by atoms with Gasteiger partial charge in [-0.2, -0.15) is 0 Å². The molecule has 1 fully saturated rings. The monoisotopic (exact) mass is 434 g/mol. The van der Waals surface area contributed by atoms with E-state index in [-0.39, 0.29) is 11.5 Å². The molecule has 2 heterocycles. The zero-order valence-electron chi connectivity index (χ0n) is 16.5. The number of ether oxygens (including phenoxy) is 1. The lowest BCUT2D eigenvalue weighted by Crippen LogP contribution is -2.19. The van der Waals surface area contributed by atoms with Gasteiger partial charge in [0, 0.05) is 11.6 Å². The zero-order valence-corrected chi connectivity index (χ0v) is 17.3. The van der Waals surface area contributed by atoms with Crippen molar-refractivity contribution in [2.45, 2.75) is 6.92 Å². The summed E-state index contributed by atoms with van der Waals surface area (Å²) >= 11 is 1.20. The van der Waals surface area contributed by atoms with Crippen molar-refractivity contribution in [1.29, 1.82) is 0 Å². The van der Waals surface area contributed by atoms with Crippen LogP contribution in [0.25, 0.3) is 17.4 Å². The number of carboxylic acid groups (broad SMARTS) is 1. The number of nitrogens with one attached hydrogen (secondary N) is 1. The van der Waals surface area contributed by atoms with E-state index >= 15 is 0 Å². The molecular weight excluding hydrogens is 416 g/mol. The van der Waals surface area contributed by atoms with E-state index in [0.29, 0.717) is 39.5 Å². The van der Waals surface area contributed by atoms with Crippen LogP contribution in [0.3, 0.4) is 0 Å². The summed E-state index contributed by atoms with van der Waals surface area (Å²) in [5.41, 5.74) is 1.31. The standard InChI is InChI=1S/C23H18N2O5S/c1-2-29-15-9-7-14(8-10-15)24-23-25-21(26)20(31-23)13-16-11-12-19(30-16)17-5-3-4-6-18(17)22(27)28/h3-13H,2H2,1H3,(H,27,28)(H,24,25,26)/b20-13-. The molecule has 0 unspecified atom stereocenters. The summed E-state index contributed by atoms with van der Waals surface area (Å²) in [5.74, 6) is 0.297. The highest BCUT2D eigenvalue weighted by Crippen LogP contribution is 2.31. The molecule has 1 saturated heterocycles. The van der Waals surface area contributed by atoms with Gasteiger partial charge < -0.3 is 19.6 Å². The van der Waals surface area contributed by atoms with Crippen LogP contribution in [-0.2, 0) is 4.79 Å². The Morgan fingerprint density at radius 1 is 1.16 bits per heavy atom. The maximum Gasteiger partial charge on any atom is 0.336 e. The molecule has 0 saturated carbocycles. The number of amidine groups is 1. The van der Waals surface area contributed by atoms with Crippen LogP contribution in [-0.4, -0.2) is 28.8 Å². The van der Waals surface area contributed by atoms with Gasteiger partial charge in [0.2, 0.25) is 0 Å². The van der Waals surface area contributed by atoms with Crippen molar-refractivity contribution in [2.24, 2.45) is 4.99 Å². The molecule has 156 valence electrons. The van der Waals surface area contributed by atoms with Crippen molar-refractivity contribution < 1.29 is 23.8 Å². The number of carbonyl (C=O) groups is 2. The molecule has 3 aromatic rings. The van der Waals surface area contributed by atoms with Crippen LogP contribution in [0.4, 0.5) is 5.69 Å². The van der Waals surface area contributed by atoms with E-state index in [0.717, 1.165) is 5.75 Å². The Balaban J connectivity index is 1.53. The second-order valence-corrected chi connectivity index (χ2v) is 7.49. The lowest BCUT2D eigenvalue weighted by molar-refractivity contribution is -0.115. The number of furan rings is 1. The first-order valence-corrected chi connectivity index (χ1v) is 10.3. The topological polar surface area (TPSA) is 101 Å². The Hall–Kier alpha value is -3.78. The smallest absolute Gasteiger partial charge is 0.336 e. The summed E-state index contributed by atoms with van der Waals surface area (Å²) < 4.78 is 11.2. The summed E-state index contributed by atoms with van der Waals surface area (Å²) in [6.45, 7) is 2.50. The summed E-state index contributed by atoms with van der Waals surface area (Å²) in [6, 6.07) is 17.2. The van der Waals surface area contributed by atoms with Gasteiger partial charge in [0.05, 0.1) is 22.8 Å². The number of hydrogen-bond acceptors (Lipinski definition) is 6. The first-order valence-electron chi connectivity index (χ1n) is 9.48. The van der Waals surface area contributed by atoms with E-state index in [1.807, 2.05) is 31.2 Å². The molecule has 0 spiro atoms. The third-order valence-corrected chi connectivity index (χ3v) is 5.26. The highest BCUT2D eigenvalue weighted by atomic mass is 32.2. The van der Waals surface area contributed by atoms with E-state index in [4.69, 9.17) is 9.15 Å². The molecule has 1 aromatic heterocycles. The van der Waals surface area contributed by atoms with Crippen LogP contribution in [0.15, 0.2) is 75.0 Å². The number of carbonyl (C=O) groups excluding carboxylic acids is 1. The molecule has 2 N–H and O–H groups in total. The molecule has 0 aliphatic carbocycles. The van der Waals surface area contributed by atoms with Crippen LogP contribution >= 0.6 is 11.8 Å². The van der Waals surface area contributed by atoms with Crippen molar-refractivity contribution >= 4 is 40.6 Å². The fraction of sp³-hybridized carbons (Fsp3) is 0.0870. The Morgan fingerprint density at radius 3 is 2.68 bits per heavy atom. The number of rotatable bonds is 6. The minimum absolute atomic E-state index is 0.147. The Bertz CT molecular complexity index is 1190. The predicted octanol–water partition coefficient (Wildman–Crippen LogP) is 4.94. The number of nitrogens with zero attached hydrogens (tertiary/aromatic N) is 1. The lowest BCUT2D eigenvalue weighted by atomic mass is 10.1. The molecule has 0 radical (unpaired) electrons. The second-order valence-electron chi connectivity index (χ2n) is 6.46. The van der Waals surface area contributed by atoms with Gasteiger partial charge in [-0.1, -0.05) is 18.2 Å². The van der Waals surface area contributed by atoms with Gasteiger partial charge in [0.15, 0.2) is 5.17 Å². The van der Waals surface area contributed by atoms with Crippen LogP contribution in [0.1, 0.15) is 23.0 Å². The highest BCUT2D eigenvalue weighted by Gasteiger charge is 2.24. The first kappa shape index (κ1) is 20.5. The molecule has 0 bridgehead atoms. The molecule has 1 aliphatic rings. The minimum atomic E-state index is -1.03. The maximum atomic E-state index is 12.3. The van der Waals surface area contributed by atoms with Crippen molar-refractivity contribution in [2.75, 3.05) is 6.61 Å². The number of thioether (sulfide) groups is 1. The number of hydrogen-bond donors (Lipinski definition) is 2. The van der Waals surface area contributed by atoms with Gasteiger partial charge in [-0.25, -0.2) is 9.79 Å². The van der Waals surface area contributed by atoms with Crippen molar-refractivity contribution in [3.63, 3.8) is 0 Å². The largest absolute Gasteiger partial charge is 0.494 e. The SMILES string of the molecule is CCOc1ccc(N=C2NC(=O)/C(=C/c3ccc(-c4ccccc4C(=O)O)o3)S2)cc1. The van der Waals surface area contributed by atoms with Crippen LogP contribution in [0.2, 0.25) is 0 Å². The number of benzene rings is 2. The Kier molecular flexibility index (Phi) is 5.90. The van der Waals surface area contributed by atoms with Gasteiger partial charge in [0.25, 0.3) is 5.91 Å². The minimum Gasteiger partial charge on any atom is -0.494 e. The van der Waals surface area contributed by atoms with E-state index in [2.05, 4.69) is 10.3 Å². The van der Waals surface area contributed by atoms with Crippen molar-refractivity contribution in [3.8, 4) is 17.1 Å². The molecule has 2 aromatic carbocycles. The van der Waals surface area contributed by atoms with Gasteiger partial charge in [-0.05, 0) is 61.2 Å². The average molecular weight is 434 g/mol. The molecule has 0 atom stereocenters. The Morgan fingerprint density at radius 2 is 1.94 bits per heavy atom. The summed E-state index contributed by atoms with van der Waals surface area (Å²) in [5, 5.41) is 12.6. The van der Waals surface area contributed by atoms with Gasteiger partial charge in [-0.15, -0.1) is 0 Å². The number of aromatic carboxylic acids is 1. The third kappa shape index (κ3) is 4.70. The predicted molar refractivity (Wildman–Crippen MR) is 120 cm³/mol. The van der Waals surface area contributed by atoms with Crippen molar-refractivity contribution in [3.05, 3.63) is 76.9 Å². The first-order chi connectivity index (χ1) is 15.0. The molecule has 1 aliphatic heterocycles. The quantitative estimate of drug-likeness (QED) is 0.533. The van der Waals surface area contributed by atoms with Crippen LogP contribution in [0, 0.1) is 0 Å². The normalized spacial score (nSPS) is 16.0. The van der Waals surface area contributed by atoms with Gasteiger partial charge in [0.1, 0.15) is 17.3 Å². The van der Waals surface area contributed by atoms with Gasteiger partial charge in [-0.3, -0.25) is 4.79 Å². The zero-order chi connectivity index (χ0) is 21.8. The number of aliphatic imine (C=N–C) groups is 1. The summed E-state index contributed by atoms with van der Waals surface area (Å²) in [7, 11) is 0. The molecule has 7 nitrogen and oxygen atoms in total. The molecule has 4 rings (SSSR count). The fourth-order valence-corrected chi connectivity index (χ4v) is 3.79. The molecule has 31 heavy (non-hydrogen) atoms. The van der Waals surface area contributed by atoms with Crippen molar-refractivity contribution in [1.82, 2.24) is 5.32 Å². The molecule has 1 amide bonds. The van der Waals surface area contributed by atoms with Crippen LogP contribution < -0.4 is 10.1 Å². The molecular formula is C23H18N2O5S. The Labute approximate surface area is 182 Å². The van der Waals surface area contributed by atoms with E-state index < -0.39 is 5.97 Å². The number of carboxylic acids is 1. The van der Waals surface area contributed by atoms with E-state index in [1.54, 1.807) is 36.4 Å². The second kappa shape index (κ2) is 8.93. The average Bonchev–Trinajstić information content (AvgIpc) is 3.36. The van der Waals surface area contributed by atoms with E-state index in [1.165, 1.54) is 17.8 Å². The van der Waals surface area contributed by atoms with E-state index in [9.17, 15) is 14.7 Å². The number of amides is 1. The highest BCUT2D eigenvalue weighted by molar-refractivity contribution is 8.18. The third-order valence-electron chi connectivity index (χ3n) is 4.35. The summed E-state index contributed by atoms with van der Waals surface area (Å²) in [6.07, 6.45) is 1.60. The molecule has 8 heteroatoms. The summed E-state index contributed by atoms with van der Waals surface area (Å²) in [4.78, 5) is 28.6. The van der Waals surface area contributed by atoms with Gasteiger partial charge >= 0.3 is 5.97 Å².